The molecule has 0 atom stereocenters. The predicted molar refractivity (Wildman–Crippen MR) is 46.8 cm³/mol. The third kappa shape index (κ3) is 1.16. The summed E-state index contributed by atoms with van der Waals surface area (Å²) in [4.78, 5) is 3.92. The van der Waals surface area contributed by atoms with Gasteiger partial charge in [0.05, 0.1) is 6.20 Å². The van der Waals surface area contributed by atoms with Gasteiger partial charge < -0.3 is 10.3 Å². The molecule has 12 heavy (non-hydrogen) atoms. The molecule has 2 N–H and O–H groups in total. The van der Waals surface area contributed by atoms with Crippen molar-refractivity contribution < 1.29 is 0 Å². The second kappa shape index (κ2) is 2.70. The standard InChI is InChI=1S/C9H8N3/c10-9-6-12(7-11-9)8-4-2-1-3-5-8/h1-2,4-7H,10H2. The van der Waals surface area contributed by atoms with Crippen LogP contribution in [0.3, 0.4) is 0 Å². The Kier molecular flexibility index (Phi) is 1.55. The van der Waals surface area contributed by atoms with Gasteiger partial charge in [-0.15, -0.1) is 0 Å². The molecule has 0 amide bonds. The maximum Gasteiger partial charge on any atom is 0.141 e. The summed E-state index contributed by atoms with van der Waals surface area (Å²) in [6.07, 6.45) is 3.45. The summed E-state index contributed by atoms with van der Waals surface area (Å²) >= 11 is 0. The molecule has 0 unspecified atom stereocenters. The van der Waals surface area contributed by atoms with Crippen LogP contribution in [-0.2, 0) is 0 Å². The van der Waals surface area contributed by atoms with Gasteiger partial charge in [-0.1, -0.05) is 12.1 Å². The zero-order chi connectivity index (χ0) is 8.39. The lowest BCUT2D eigenvalue weighted by atomic mass is 10.3. The van der Waals surface area contributed by atoms with E-state index in [2.05, 4.69) is 11.1 Å². The van der Waals surface area contributed by atoms with Crippen LogP contribution >= 0.6 is 0 Å². The van der Waals surface area contributed by atoms with Crippen molar-refractivity contribution in [3.8, 4) is 5.69 Å². The largest absolute Gasteiger partial charge is 0.382 e. The minimum Gasteiger partial charge on any atom is -0.382 e. The van der Waals surface area contributed by atoms with Crippen molar-refractivity contribution in [3.63, 3.8) is 0 Å². The van der Waals surface area contributed by atoms with Gasteiger partial charge in [0.25, 0.3) is 0 Å². The van der Waals surface area contributed by atoms with Crippen molar-refractivity contribution in [1.29, 1.82) is 0 Å². The van der Waals surface area contributed by atoms with E-state index in [1.807, 2.05) is 28.8 Å². The van der Waals surface area contributed by atoms with Gasteiger partial charge in [0.1, 0.15) is 12.1 Å². The highest BCUT2D eigenvalue weighted by Gasteiger charge is 1.94. The number of nitrogens with two attached hydrogens (primary N) is 1. The average molecular weight is 158 g/mol. The maximum atomic E-state index is 5.47. The van der Waals surface area contributed by atoms with Crippen LogP contribution in [0.15, 0.2) is 36.8 Å². The Hall–Kier alpha value is -1.77. The van der Waals surface area contributed by atoms with Crippen molar-refractivity contribution in [2.75, 3.05) is 5.73 Å². The van der Waals surface area contributed by atoms with E-state index in [9.17, 15) is 0 Å². The molecular formula is C9H8N3. The lowest BCUT2D eigenvalue weighted by Gasteiger charge is -1.98. The Bertz CT molecular complexity index is 364. The van der Waals surface area contributed by atoms with Gasteiger partial charge >= 0.3 is 0 Å². The molecule has 0 bridgehead atoms. The van der Waals surface area contributed by atoms with Crippen LogP contribution in [-0.4, -0.2) is 9.55 Å². The van der Waals surface area contributed by atoms with Gasteiger partial charge in [0, 0.05) is 5.69 Å². The Balaban J connectivity index is 2.45. The topological polar surface area (TPSA) is 43.8 Å². The number of hydrogen-bond acceptors (Lipinski definition) is 2. The van der Waals surface area contributed by atoms with Crippen molar-refractivity contribution in [1.82, 2.24) is 9.55 Å². The van der Waals surface area contributed by atoms with Crippen LogP contribution in [0.1, 0.15) is 0 Å². The van der Waals surface area contributed by atoms with E-state index in [1.54, 1.807) is 12.5 Å². The van der Waals surface area contributed by atoms with E-state index in [0.29, 0.717) is 5.82 Å². The molecule has 0 saturated carbocycles. The molecule has 0 spiro atoms. The first kappa shape index (κ1) is 6.91. The average Bonchev–Trinajstić information content (AvgIpc) is 2.54. The fraction of sp³-hybridized carbons (Fsp3) is 0. The van der Waals surface area contributed by atoms with Crippen molar-refractivity contribution in [3.05, 3.63) is 42.9 Å². The number of nitrogen functional groups attached to an aromatic ring is 1. The molecule has 0 aliphatic heterocycles. The molecule has 0 saturated heterocycles. The second-order valence-electron chi connectivity index (χ2n) is 2.47. The zero-order valence-electron chi connectivity index (χ0n) is 6.44. The van der Waals surface area contributed by atoms with Crippen LogP contribution in [0, 0.1) is 6.07 Å². The first-order chi connectivity index (χ1) is 5.86. The van der Waals surface area contributed by atoms with Gasteiger partial charge in [-0.05, 0) is 18.2 Å². The molecule has 2 aromatic rings. The second-order valence-corrected chi connectivity index (χ2v) is 2.47. The van der Waals surface area contributed by atoms with Crippen LogP contribution in [0.25, 0.3) is 5.69 Å². The highest BCUT2D eigenvalue weighted by molar-refractivity contribution is 5.35. The third-order valence-electron chi connectivity index (χ3n) is 1.59. The highest BCUT2D eigenvalue weighted by Crippen LogP contribution is 2.07. The summed E-state index contributed by atoms with van der Waals surface area (Å²) in [7, 11) is 0. The zero-order valence-corrected chi connectivity index (χ0v) is 6.44. The summed E-state index contributed by atoms with van der Waals surface area (Å²) in [5.74, 6) is 0.527. The van der Waals surface area contributed by atoms with Gasteiger partial charge in [0.2, 0.25) is 0 Å². The molecule has 0 aliphatic rings. The van der Waals surface area contributed by atoms with Gasteiger partial charge in [-0.3, -0.25) is 0 Å². The Morgan fingerprint density at radius 3 is 3.00 bits per heavy atom. The van der Waals surface area contributed by atoms with Crippen LogP contribution in [0.5, 0.6) is 0 Å². The third-order valence-corrected chi connectivity index (χ3v) is 1.59. The number of imidazole rings is 1. The smallest absolute Gasteiger partial charge is 0.141 e. The number of aromatic nitrogens is 2. The monoisotopic (exact) mass is 158 g/mol. The molecule has 2 rings (SSSR count). The molecular weight excluding hydrogens is 150 g/mol. The normalized spacial score (nSPS) is 10.0. The number of anilines is 1. The molecule has 1 aromatic heterocycles. The maximum absolute atomic E-state index is 5.47. The van der Waals surface area contributed by atoms with Crippen LogP contribution in [0.4, 0.5) is 5.82 Å². The Morgan fingerprint density at radius 2 is 2.42 bits per heavy atom. The van der Waals surface area contributed by atoms with Gasteiger partial charge in [-0.25, -0.2) is 4.98 Å². The fourth-order valence-corrected chi connectivity index (χ4v) is 1.02. The van der Waals surface area contributed by atoms with Crippen LogP contribution < -0.4 is 5.73 Å². The summed E-state index contributed by atoms with van der Waals surface area (Å²) in [5.41, 5.74) is 6.49. The van der Waals surface area contributed by atoms with E-state index in [4.69, 9.17) is 5.73 Å². The summed E-state index contributed by atoms with van der Waals surface area (Å²) in [6, 6.07) is 10.6. The quantitative estimate of drug-likeness (QED) is 0.678. The number of nitrogens with zero attached hydrogens (tertiary/aromatic N) is 2. The molecule has 0 fully saturated rings. The van der Waals surface area contributed by atoms with Gasteiger partial charge in [0.15, 0.2) is 0 Å². The Morgan fingerprint density at radius 1 is 1.50 bits per heavy atom. The van der Waals surface area contributed by atoms with E-state index in [0.717, 1.165) is 5.69 Å². The van der Waals surface area contributed by atoms with Crippen molar-refractivity contribution in [2.45, 2.75) is 0 Å². The molecule has 3 heteroatoms. The minimum atomic E-state index is 0.527. The summed E-state index contributed by atoms with van der Waals surface area (Å²) < 4.78 is 1.85. The summed E-state index contributed by atoms with van der Waals surface area (Å²) in [6.45, 7) is 0. The minimum absolute atomic E-state index is 0.527. The van der Waals surface area contributed by atoms with Crippen molar-refractivity contribution in [2.24, 2.45) is 0 Å². The lowest BCUT2D eigenvalue weighted by Crippen LogP contribution is -1.88. The first-order valence-electron chi connectivity index (χ1n) is 3.62. The molecule has 1 radical (unpaired) electrons. The molecule has 59 valence electrons. The molecule has 1 aromatic carbocycles. The van der Waals surface area contributed by atoms with Crippen LogP contribution in [0.2, 0.25) is 0 Å². The molecule has 1 heterocycles. The highest BCUT2D eigenvalue weighted by atomic mass is 15.1. The first-order valence-corrected chi connectivity index (χ1v) is 3.62. The lowest BCUT2D eigenvalue weighted by molar-refractivity contribution is 1.06. The van der Waals surface area contributed by atoms with E-state index in [-0.39, 0.29) is 0 Å². The van der Waals surface area contributed by atoms with Crippen molar-refractivity contribution >= 4 is 5.82 Å². The SMILES string of the molecule is Nc1cn(-c2c[c]ccc2)cn1. The fourth-order valence-electron chi connectivity index (χ4n) is 1.02. The summed E-state index contributed by atoms with van der Waals surface area (Å²) in [5, 5.41) is 0. The van der Waals surface area contributed by atoms with E-state index in [1.165, 1.54) is 0 Å². The molecule has 0 aliphatic carbocycles. The molecule has 3 nitrogen and oxygen atoms in total. The van der Waals surface area contributed by atoms with E-state index < -0.39 is 0 Å². The van der Waals surface area contributed by atoms with Gasteiger partial charge in [-0.2, -0.15) is 0 Å². The number of benzene rings is 1. The number of rotatable bonds is 1. The predicted octanol–water partition coefficient (Wildman–Crippen LogP) is 1.25. The Labute approximate surface area is 70.5 Å². The number of hydrogen-bond donors (Lipinski definition) is 1. The van der Waals surface area contributed by atoms with E-state index >= 15 is 0 Å².